The number of benzene rings is 2. The monoisotopic (exact) mass is 348 g/mol. The quantitative estimate of drug-likeness (QED) is 0.454. The average molecular weight is 348 g/mol. The molecular formula is C16H13IO. The van der Waals surface area contributed by atoms with Gasteiger partial charge >= 0.3 is 0 Å². The van der Waals surface area contributed by atoms with Crippen LogP contribution >= 0.6 is 22.6 Å². The normalized spacial score (nSPS) is 10.8. The molecule has 2 rings (SSSR count). The Morgan fingerprint density at radius 3 is 2.44 bits per heavy atom. The molecule has 0 atom stereocenters. The number of rotatable bonds is 3. The van der Waals surface area contributed by atoms with Crippen molar-refractivity contribution >= 4 is 34.5 Å². The Morgan fingerprint density at radius 2 is 1.72 bits per heavy atom. The first-order valence-corrected chi connectivity index (χ1v) is 6.79. The van der Waals surface area contributed by atoms with Gasteiger partial charge in [-0.25, -0.2) is 0 Å². The van der Waals surface area contributed by atoms with E-state index in [4.69, 9.17) is 0 Å². The van der Waals surface area contributed by atoms with Gasteiger partial charge in [-0.05, 0) is 58.9 Å². The van der Waals surface area contributed by atoms with E-state index >= 15 is 0 Å². The van der Waals surface area contributed by atoms with E-state index in [1.54, 1.807) is 6.08 Å². The van der Waals surface area contributed by atoms with Crippen LogP contribution in [0.3, 0.4) is 0 Å². The van der Waals surface area contributed by atoms with Gasteiger partial charge in [0, 0.05) is 9.13 Å². The Hall–Kier alpha value is -1.42. The van der Waals surface area contributed by atoms with Crippen molar-refractivity contribution in [1.29, 1.82) is 0 Å². The van der Waals surface area contributed by atoms with Crippen molar-refractivity contribution in [3.05, 3.63) is 74.9 Å². The largest absolute Gasteiger partial charge is 0.289 e. The van der Waals surface area contributed by atoms with Gasteiger partial charge in [0.05, 0.1) is 0 Å². The number of aryl methyl sites for hydroxylation is 1. The van der Waals surface area contributed by atoms with Crippen molar-refractivity contribution in [3.8, 4) is 0 Å². The molecule has 18 heavy (non-hydrogen) atoms. The summed E-state index contributed by atoms with van der Waals surface area (Å²) in [6, 6.07) is 15.6. The predicted molar refractivity (Wildman–Crippen MR) is 83.7 cm³/mol. The molecule has 0 saturated carbocycles. The van der Waals surface area contributed by atoms with Crippen molar-refractivity contribution in [2.24, 2.45) is 0 Å². The van der Waals surface area contributed by atoms with Gasteiger partial charge in [0.2, 0.25) is 0 Å². The lowest BCUT2D eigenvalue weighted by Crippen LogP contribution is -1.97. The van der Waals surface area contributed by atoms with Crippen LogP contribution in [-0.2, 0) is 0 Å². The zero-order valence-electron chi connectivity index (χ0n) is 10.1. The van der Waals surface area contributed by atoms with E-state index in [1.165, 1.54) is 5.56 Å². The third-order valence-corrected chi connectivity index (χ3v) is 3.68. The highest BCUT2D eigenvalue weighted by Crippen LogP contribution is 2.14. The average Bonchev–Trinajstić information content (AvgIpc) is 2.38. The summed E-state index contributed by atoms with van der Waals surface area (Å²) in [6.45, 7) is 2.04. The maximum absolute atomic E-state index is 12.1. The molecular weight excluding hydrogens is 335 g/mol. The second kappa shape index (κ2) is 5.96. The maximum Gasteiger partial charge on any atom is 0.186 e. The summed E-state index contributed by atoms with van der Waals surface area (Å²) in [5, 5.41) is 0. The molecule has 2 aromatic carbocycles. The molecule has 0 heterocycles. The standard InChI is InChI=1S/C16H13IO/c1-12-6-2-3-7-13(12)10-11-16(18)14-8-4-5-9-15(14)17/h2-11H,1H3. The van der Waals surface area contributed by atoms with E-state index in [-0.39, 0.29) is 5.78 Å². The van der Waals surface area contributed by atoms with Crippen molar-refractivity contribution in [3.63, 3.8) is 0 Å². The third kappa shape index (κ3) is 3.07. The molecule has 0 saturated heterocycles. The minimum absolute atomic E-state index is 0.0447. The Labute approximate surface area is 121 Å². The first-order valence-electron chi connectivity index (χ1n) is 5.71. The van der Waals surface area contributed by atoms with E-state index in [0.29, 0.717) is 0 Å². The number of halogens is 1. The molecule has 2 heteroatoms. The number of ketones is 1. The summed E-state index contributed by atoms with van der Waals surface area (Å²) in [5.74, 6) is 0.0447. The van der Waals surface area contributed by atoms with Crippen LogP contribution in [0, 0.1) is 10.5 Å². The Balaban J connectivity index is 2.23. The molecule has 0 aliphatic carbocycles. The smallest absolute Gasteiger partial charge is 0.186 e. The van der Waals surface area contributed by atoms with E-state index in [9.17, 15) is 4.79 Å². The highest BCUT2D eigenvalue weighted by atomic mass is 127. The number of hydrogen-bond acceptors (Lipinski definition) is 1. The highest BCUT2D eigenvalue weighted by Gasteiger charge is 2.05. The lowest BCUT2D eigenvalue weighted by atomic mass is 10.1. The number of carbonyl (C=O) groups excluding carboxylic acids is 1. The second-order valence-electron chi connectivity index (χ2n) is 4.03. The van der Waals surface area contributed by atoms with Crippen LogP contribution < -0.4 is 0 Å². The summed E-state index contributed by atoms with van der Waals surface area (Å²) in [6.07, 6.45) is 3.51. The predicted octanol–water partition coefficient (Wildman–Crippen LogP) is 4.50. The lowest BCUT2D eigenvalue weighted by molar-refractivity contribution is 0.104. The molecule has 0 unspecified atom stereocenters. The molecule has 0 fully saturated rings. The van der Waals surface area contributed by atoms with Crippen molar-refractivity contribution in [1.82, 2.24) is 0 Å². The number of carbonyl (C=O) groups is 1. The minimum Gasteiger partial charge on any atom is -0.289 e. The van der Waals surface area contributed by atoms with Crippen LogP contribution in [0.5, 0.6) is 0 Å². The van der Waals surface area contributed by atoms with Gasteiger partial charge in [-0.1, -0.05) is 42.5 Å². The van der Waals surface area contributed by atoms with Crippen LogP contribution in [-0.4, -0.2) is 5.78 Å². The van der Waals surface area contributed by atoms with Crippen LogP contribution in [0.2, 0.25) is 0 Å². The summed E-state index contributed by atoms with van der Waals surface area (Å²) >= 11 is 2.18. The van der Waals surface area contributed by atoms with Crippen molar-refractivity contribution < 1.29 is 4.79 Å². The van der Waals surface area contributed by atoms with Gasteiger partial charge in [-0.3, -0.25) is 4.79 Å². The maximum atomic E-state index is 12.1. The zero-order valence-corrected chi connectivity index (χ0v) is 12.2. The van der Waals surface area contributed by atoms with Gasteiger partial charge in [-0.15, -0.1) is 0 Å². The molecule has 0 aliphatic rings. The Morgan fingerprint density at radius 1 is 1.06 bits per heavy atom. The van der Waals surface area contributed by atoms with E-state index in [0.717, 1.165) is 14.7 Å². The van der Waals surface area contributed by atoms with Crippen LogP contribution in [0.4, 0.5) is 0 Å². The topological polar surface area (TPSA) is 17.1 Å². The molecule has 0 bridgehead atoms. The fraction of sp³-hybridized carbons (Fsp3) is 0.0625. The Bertz CT molecular complexity index is 600. The fourth-order valence-electron chi connectivity index (χ4n) is 1.69. The van der Waals surface area contributed by atoms with E-state index in [1.807, 2.05) is 61.5 Å². The fourth-order valence-corrected chi connectivity index (χ4v) is 2.34. The molecule has 0 amide bonds. The number of allylic oxidation sites excluding steroid dienone is 1. The lowest BCUT2D eigenvalue weighted by Gasteiger charge is -2.00. The zero-order chi connectivity index (χ0) is 13.0. The molecule has 1 nitrogen and oxygen atoms in total. The molecule has 0 N–H and O–H groups in total. The molecule has 0 aromatic heterocycles. The van der Waals surface area contributed by atoms with Gasteiger partial charge < -0.3 is 0 Å². The van der Waals surface area contributed by atoms with Crippen LogP contribution in [0.1, 0.15) is 21.5 Å². The van der Waals surface area contributed by atoms with Gasteiger partial charge in [-0.2, -0.15) is 0 Å². The first kappa shape index (κ1) is 13.0. The molecule has 0 aliphatic heterocycles. The van der Waals surface area contributed by atoms with E-state index in [2.05, 4.69) is 22.6 Å². The third-order valence-electron chi connectivity index (χ3n) is 2.74. The molecule has 0 radical (unpaired) electrons. The summed E-state index contributed by atoms with van der Waals surface area (Å²) < 4.78 is 0.981. The van der Waals surface area contributed by atoms with Crippen molar-refractivity contribution in [2.75, 3.05) is 0 Å². The summed E-state index contributed by atoms with van der Waals surface area (Å²) in [4.78, 5) is 12.1. The van der Waals surface area contributed by atoms with Crippen molar-refractivity contribution in [2.45, 2.75) is 6.92 Å². The Kier molecular flexibility index (Phi) is 4.31. The number of hydrogen-bond donors (Lipinski definition) is 0. The minimum atomic E-state index is 0.0447. The van der Waals surface area contributed by atoms with Gasteiger partial charge in [0.15, 0.2) is 5.78 Å². The molecule has 0 spiro atoms. The molecule has 90 valence electrons. The van der Waals surface area contributed by atoms with Crippen LogP contribution in [0.15, 0.2) is 54.6 Å². The van der Waals surface area contributed by atoms with Gasteiger partial charge in [0.1, 0.15) is 0 Å². The summed E-state index contributed by atoms with van der Waals surface area (Å²) in [7, 11) is 0. The highest BCUT2D eigenvalue weighted by molar-refractivity contribution is 14.1. The SMILES string of the molecule is Cc1ccccc1C=CC(=O)c1ccccc1I. The van der Waals surface area contributed by atoms with Crippen LogP contribution in [0.25, 0.3) is 6.08 Å². The first-order chi connectivity index (χ1) is 8.68. The van der Waals surface area contributed by atoms with E-state index < -0.39 is 0 Å². The second-order valence-corrected chi connectivity index (χ2v) is 5.20. The molecule has 2 aromatic rings. The summed E-state index contributed by atoms with van der Waals surface area (Å²) in [5.41, 5.74) is 3.00. The van der Waals surface area contributed by atoms with Gasteiger partial charge in [0.25, 0.3) is 0 Å².